The predicted molar refractivity (Wildman–Crippen MR) is 49.6 cm³/mol. The van der Waals surface area contributed by atoms with Crippen LogP contribution in [0.5, 0.6) is 0 Å². The SMILES string of the molecule is CCCNc1ccc(F)cc1N. The maximum Gasteiger partial charge on any atom is 0.125 e. The second kappa shape index (κ2) is 3.95. The van der Waals surface area contributed by atoms with Crippen molar-refractivity contribution in [3.05, 3.63) is 24.0 Å². The highest BCUT2D eigenvalue weighted by Gasteiger charge is 1.98. The third kappa shape index (κ3) is 2.12. The molecule has 0 radical (unpaired) electrons. The predicted octanol–water partition coefficient (Wildman–Crippen LogP) is 2.23. The minimum absolute atomic E-state index is 0.297. The van der Waals surface area contributed by atoms with Gasteiger partial charge in [-0.1, -0.05) is 6.92 Å². The molecule has 1 rings (SSSR count). The van der Waals surface area contributed by atoms with Crippen LogP contribution in [0.25, 0.3) is 0 Å². The first-order chi connectivity index (χ1) is 5.74. The lowest BCUT2D eigenvalue weighted by molar-refractivity contribution is 0.628. The number of hydrogen-bond acceptors (Lipinski definition) is 2. The Morgan fingerprint density at radius 3 is 2.83 bits per heavy atom. The van der Waals surface area contributed by atoms with Crippen LogP contribution in [0, 0.1) is 5.82 Å². The summed E-state index contributed by atoms with van der Waals surface area (Å²) in [7, 11) is 0. The van der Waals surface area contributed by atoms with E-state index in [0.29, 0.717) is 5.69 Å². The molecular formula is C9H13FN2. The van der Waals surface area contributed by atoms with E-state index in [-0.39, 0.29) is 5.82 Å². The first kappa shape index (κ1) is 8.84. The molecule has 0 unspecified atom stereocenters. The smallest absolute Gasteiger partial charge is 0.125 e. The summed E-state index contributed by atoms with van der Waals surface area (Å²) in [5.41, 5.74) is 6.83. The fourth-order valence-electron chi connectivity index (χ4n) is 0.954. The fraction of sp³-hybridized carbons (Fsp3) is 0.333. The van der Waals surface area contributed by atoms with Crippen LogP contribution >= 0.6 is 0 Å². The molecule has 0 heterocycles. The molecule has 3 heteroatoms. The van der Waals surface area contributed by atoms with Gasteiger partial charge in [-0.2, -0.15) is 0 Å². The van der Waals surface area contributed by atoms with Gasteiger partial charge in [-0.05, 0) is 24.6 Å². The van der Waals surface area contributed by atoms with Crippen molar-refractivity contribution >= 4 is 11.4 Å². The molecule has 0 spiro atoms. The Morgan fingerprint density at radius 1 is 1.50 bits per heavy atom. The average molecular weight is 168 g/mol. The second-order valence-electron chi connectivity index (χ2n) is 2.66. The molecule has 1 aromatic rings. The van der Waals surface area contributed by atoms with Gasteiger partial charge in [0, 0.05) is 6.54 Å². The van der Waals surface area contributed by atoms with Crippen LogP contribution in [-0.2, 0) is 0 Å². The van der Waals surface area contributed by atoms with E-state index >= 15 is 0 Å². The van der Waals surface area contributed by atoms with Crippen LogP contribution in [0.2, 0.25) is 0 Å². The number of benzene rings is 1. The number of nitrogens with two attached hydrogens (primary N) is 1. The molecule has 0 aromatic heterocycles. The fourth-order valence-corrected chi connectivity index (χ4v) is 0.954. The van der Waals surface area contributed by atoms with E-state index in [4.69, 9.17) is 5.73 Å². The number of rotatable bonds is 3. The number of hydrogen-bond donors (Lipinski definition) is 2. The molecule has 0 saturated carbocycles. The van der Waals surface area contributed by atoms with Crippen molar-refractivity contribution in [2.75, 3.05) is 17.6 Å². The highest BCUT2D eigenvalue weighted by Crippen LogP contribution is 2.18. The Labute approximate surface area is 71.6 Å². The summed E-state index contributed by atoms with van der Waals surface area (Å²) in [5.74, 6) is -0.297. The lowest BCUT2D eigenvalue weighted by Gasteiger charge is -2.07. The lowest BCUT2D eigenvalue weighted by atomic mass is 10.2. The van der Waals surface area contributed by atoms with E-state index in [0.717, 1.165) is 18.7 Å². The summed E-state index contributed by atoms with van der Waals surface area (Å²) in [6.45, 7) is 2.92. The summed E-state index contributed by atoms with van der Waals surface area (Å²) in [6.07, 6.45) is 1.02. The molecule has 3 N–H and O–H groups in total. The van der Waals surface area contributed by atoms with E-state index in [9.17, 15) is 4.39 Å². The van der Waals surface area contributed by atoms with E-state index < -0.39 is 0 Å². The number of nitrogens with one attached hydrogen (secondary N) is 1. The van der Waals surface area contributed by atoms with E-state index in [2.05, 4.69) is 12.2 Å². The van der Waals surface area contributed by atoms with E-state index in [1.165, 1.54) is 12.1 Å². The first-order valence-electron chi connectivity index (χ1n) is 4.03. The molecule has 66 valence electrons. The van der Waals surface area contributed by atoms with E-state index in [1.54, 1.807) is 6.07 Å². The first-order valence-corrected chi connectivity index (χ1v) is 4.03. The summed E-state index contributed by atoms with van der Waals surface area (Å²) >= 11 is 0. The van der Waals surface area contributed by atoms with Crippen molar-refractivity contribution in [2.24, 2.45) is 0 Å². The van der Waals surface area contributed by atoms with Crippen LogP contribution in [0.4, 0.5) is 15.8 Å². The van der Waals surface area contributed by atoms with Crippen LogP contribution in [-0.4, -0.2) is 6.54 Å². The molecule has 0 bridgehead atoms. The zero-order valence-corrected chi connectivity index (χ0v) is 7.10. The van der Waals surface area contributed by atoms with Crippen molar-refractivity contribution in [2.45, 2.75) is 13.3 Å². The molecule has 1 aromatic carbocycles. The largest absolute Gasteiger partial charge is 0.397 e. The van der Waals surface area contributed by atoms with Gasteiger partial charge in [0.2, 0.25) is 0 Å². The van der Waals surface area contributed by atoms with Gasteiger partial charge in [0.1, 0.15) is 5.82 Å². The monoisotopic (exact) mass is 168 g/mol. The van der Waals surface area contributed by atoms with Crippen LogP contribution < -0.4 is 11.1 Å². The van der Waals surface area contributed by atoms with Crippen molar-refractivity contribution in [3.8, 4) is 0 Å². The molecule has 0 aliphatic rings. The van der Waals surface area contributed by atoms with Gasteiger partial charge in [-0.25, -0.2) is 4.39 Å². The molecule has 0 saturated heterocycles. The van der Waals surface area contributed by atoms with Gasteiger partial charge in [-0.15, -0.1) is 0 Å². The third-order valence-electron chi connectivity index (χ3n) is 1.58. The number of nitrogen functional groups attached to an aromatic ring is 1. The Hall–Kier alpha value is -1.25. The van der Waals surface area contributed by atoms with Gasteiger partial charge in [0.15, 0.2) is 0 Å². The maximum atomic E-state index is 12.6. The topological polar surface area (TPSA) is 38.0 Å². The Bertz CT molecular complexity index is 261. The van der Waals surface area contributed by atoms with Gasteiger partial charge in [0.05, 0.1) is 11.4 Å². The lowest BCUT2D eigenvalue weighted by Crippen LogP contribution is -2.02. The summed E-state index contributed by atoms with van der Waals surface area (Å²) in [4.78, 5) is 0. The van der Waals surface area contributed by atoms with Crippen LogP contribution in [0.3, 0.4) is 0 Å². The van der Waals surface area contributed by atoms with Crippen molar-refractivity contribution in [1.82, 2.24) is 0 Å². The average Bonchev–Trinajstić information content (AvgIpc) is 2.03. The van der Waals surface area contributed by atoms with Crippen molar-refractivity contribution < 1.29 is 4.39 Å². The third-order valence-corrected chi connectivity index (χ3v) is 1.58. The van der Waals surface area contributed by atoms with Crippen LogP contribution in [0.15, 0.2) is 18.2 Å². The maximum absolute atomic E-state index is 12.6. The van der Waals surface area contributed by atoms with Crippen molar-refractivity contribution in [1.29, 1.82) is 0 Å². The normalized spacial score (nSPS) is 9.83. The molecule has 0 aliphatic carbocycles. The Morgan fingerprint density at radius 2 is 2.25 bits per heavy atom. The zero-order chi connectivity index (χ0) is 8.97. The number of anilines is 2. The minimum atomic E-state index is -0.297. The molecule has 0 amide bonds. The Kier molecular flexibility index (Phi) is 2.91. The van der Waals surface area contributed by atoms with Crippen LogP contribution in [0.1, 0.15) is 13.3 Å². The van der Waals surface area contributed by atoms with Gasteiger partial charge < -0.3 is 11.1 Å². The molecule has 0 aliphatic heterocycles. The summed E-state index contributed by atoms with van der Waals surface area (Å²) in [5, 5.41) is 3.10. The minimum Gasteiger partial charge on any atom is -0.397 e. The molecule has 2 nitrogen and oxygen atoms in total. The highest BCUT2D eigenvalue weighted by molar-refractivity contribution is 5.65. The van der Waals surface area contributed by atoms with Gasteiger partial charge in [0.25, 0.3) is 0 Å². The summed E-state index contributed by atoms with van der Waals surface area (Å²) < 4.78 is 12.6. The Balaban J connectivity index is 2.72. The zero-order valence-electron chi connectivity index (χ0n) is 7.10. The molecule has 0 fully saturated rings. The summed E-state index contributed by atoms with van der Waals surface area (Å²) in [6, 6.07) is 4.37. The van der Waals surface area contributed by atoms with E-state index in [1.807, 2.05) is 0 Å². The quantitative estimate of drug-likeness (QED) is 0.679. The standard InChI is InChI=1S/C9H13FN2/c1-2-5-12-9-4-3-7(10)6-8(9)11/h3-4,6,12H,2,5,11H2,1H3. The molecule has 12 heavy (non-hydrogen) atoms. The van der Waals surface area contributed by atoms with Gasteiger partial charge >= 0.3 is 0 Å². The van der Waals surface area contributed by atoms with Gasteiger partial charge in [-0.3, -0.25) is 0 Å². The van der Waals surface area contributed by atoms with Crippen molar-refractivity contribution in [3.63, 3.8) is 0 Å². The molecule has 0 atom stereocenters. The second-order valence-corrected chi connectivity index (χ2v) is 2.66. The number of halogens is 1. The molecular weight excluding hydrogens is 155 g/mol. The highest BCUT2D eigenvalue weighted by atomic mass is 19.1.